The van der Waals surface area contributed by atoms with Crippen LogP contribution in [0.2, 0.25) is 0 Å². The minimum Gasteiger partial charge on any atom is -0.493 e. The second kappa shape index (κ2) is 8.34. The van der Waals surface area contributed by atoms with Crippen molar-refractivity contribution in [1.29, 1.82) is 0 Å². The van der Waals surface area contributed by atoms with Crippen molar-refractivity contribution < 1.29 is 14.3 Å². The summed E-state index contributed by atoms with van der Waals surface area (Å²) in [6.45, 7) is 1.84. The second-order valence-corrected chi connectivity index (χ2v) is 3.87. The van der Waals surface area contributed by atoms with Crippen molar-refractivity contribution in [1.82, 2.24) is 0 Å². The number of amides is 2. The first-order valence-corrected chi connectivity index (χ1v) is 5.56. The fraction of sp³-hybridized carbons (Fsp3) is 0.333. The van der Waals surface area contributed by atoms with Crippen molar-refractivity contribution >= 4 is 29.9 Å². The summed E-state index contributed by atoms with van der Waals surface area (Å²) in [7, 11) is 0. The van der Waals surface area contributed by atoms with E-state index in [1.807, 2.05) is 0 Å². The van der Waals surface area contributed by atoms with Gasteiger partial charge in [-0.1, -0.05) is 0 Å². The summed E-state index contributed by atoms with van der Waals surface area (Å²) >= 11 is 0. The third kappa shape index (κ3) is 6.64. The Labute approximate surface area is 117 Å². The van der Waals surface area contributed by atoms with E-state index in [9.17, 15) is 9.59 Å². The zero-order valence-corrected chi connectivity index (χ0v) is 11.4. The first-order chi connectivity index (χ1) is 8.49. The molecule has 106 valence electrons. The molecule has 0 spiro atoms. The zero-order chi connectivity index (χ0) is 13.5. The molecule has 0 aromatic heterocycles. The normalized spacial score (nSPS) is 11.1. The number of benzene rings is 1. The van der Waals surface area contributed by atoms with Crippen molar-refractivity contribution in [3.05, 3.63) is 24.3 Å². The first-order valence-electron chi connectivity index (χ1n) is 5.56. The molecule has 1 aromatic carbocycles. The maximum absolute atomic E-state index is 11.3. The average molecular weight is 288 g/mol. The molecule has 5 N–H and O–H groups in total. The first kappa shape index (κ1) is 17.2. The summed E-state index contributed by atoms with van der Waals surface area (Å²) in [4.78, 5) is 21.8. The second-order valence-electron chi connectivity index (χ2n) is 3.87. The summed E-state index contributed by atoms with van der Waals surface area (Å²) < 4.78 is 5.29. The number of carbonyl (C=O) groups excluding carboxylic acids is 2. The molecule has 19 heavy (non-hydrogen) atoms. The van der Waals surface area contributed by atoms with Crippen LogP contribution in [0.25, 0.3) is 0 Å². The van der Waals surface area contributed by atoms with Gasteiger partial charge in [0.15, 0.2) is 0 Å². The molecular formula is C12H18ClN3O3. The number of primary amides is 1. The molecule has 7 heteroatoms. The lowest BCUT2D eigenvalue weighted by Crippen LogP contribution is -2.32. The van der Waals surface area contributed by atoms with Crippen molar-refractivity contribution in [2.75, 3.05) is 11.9 Å². The van der Waals surface area contributed by atoms with Gasteiger partial charge in [-0.25, -0.2) is 0 Å². The monoisotopic (exact) mass is 287 g/mol. The van der Waals surface area contributed by atoms with Crippen LogP contribution in [0, 0.1) is 0 Å². The lowest BCUT2D eigenvalue weighted by Gasteiger charge is -2.09. The molecule has 1 rings (SSSR count). The van der Waals surface area contributed by atoms with Gasteiger partial charge in [0.05, 0.1) is 19.1 Å². The van der Waals surface area contributed by atoms with E-state index >= 15 is 0 Å². The van der Waals surface area contributed by atoms with Gasteiger partial charge in [-0.15, -0.1) is 12.4 Å². The maximum Gasteiger partial charge on any atom is 0.240 e. The topological polar surface area (TPSA) is 107 Å². The minimum absolute atomic E-state index is 0. The van der Waals surface area contributed by atoms with Gasteiger partial charge < -0.3 is 21.5 Å². The van der Waals surface area contributed by atoms with Crippen molar-refractivity contribution in [3.63, 3.8) is 0 Å². The molecule has 1 atom stereocenters. The van der Waals surface area contributed by atoms with E-state index in [0.29, 0.717) is 11.4 Å². The Balaban J connectivity index is 0.00000324. The molecular weight excluding hydrogens is 270 g/mol. The Hall–Kier alpha value is -1.79. The van der Waals surface area contributed by atoms with Gasteiger partial charge in [0.1, 0.15) is 5.75 Å². The van der Waals surface area contributed by atoms with Gasteiger partial charge in [0.25, 0.3) is 0 Å². The van der Waals surface area contributed by atoms with Crippen LogP contribution in [0.3, 0.4) is 0 Å². The smallest absolute Gasteiger partial charge is 0.240 e. The van der Waals surface area contributed by atoms with Crippen LogP contribution in [0.4, 0.5) is 5.69 Å². The Morgan fingerprint density at radius 2 is 1.89 bits per heavy atom. The summed E-state index contributed by atoms with van der Waals surface area (Å²) in [6.07, 6.45) is 0.170. The highest BCUT2D eigenvalue weighted by Gasteiger charge is 2.07. The molecule has 0 aliphatic rings. The van der Waals surface area contributed by atoms with Gasteiger partial charge in [0, 0.05) is 5.69 Å². The Bertz CT molecular complexity index is 421. The molecule has 0 heterocycles. The highest BCUT2D eigenvalue weighted by atomic mass is 35.5. The Kier molecular flexibility index (Phi) is 7.55. The van der Waals surface area contributed by atoms with Crippen LogP contribution in [0.5, 0.6) is 5.75 Å². The molecule has 0 saturated heterocycles. The molecule has 6 nitrogen and oxygen atoms in total. The van der Waals surface area contributed by atoms with Crippen molar-refractivity contribution in [2.24, 2.45) is 11.5 Å². The lowest BCUT2D eigenvalue weighted by atomic mass is 10.2. The molecule has 0 aliphatic carbocycles. The minimum atomic E-state index is -0.559. The predicted octanol–water partition coefficient (Wildman–Crippen LogP) is 0.648. The largest absolute Gasteiger partial charge is 0.493 e. The molecule has 0 aliphatic heterocycles. The summed E-state index contributed by atoms with van der Waals surface area (Å²) in [6, 6.07) is 6.21. The molecule has 0 unspecified atom stereocenters. The molecule has 2 amide bonds. The standard InChI is InChI=1S/C12H17N3O3.ClH/c1-8(13)12(17)15-9-2-4-10(5-3-9)18-7-6-11(14)16;/h2-5,8H,6-7,13H2,1H3,(H2,14,16)(H,15,17);1H/t8-;/m0./s1. The van der Waals surface area contributed by atoms with Gasteiger partial charge in [-0.3, -0.25) is 9.59 Å². The number of halogens is 1. The number of hydrogen-bond acceptors (Lipinski definition) is 4. The maximum atomic E-state index is 11.3. The van der Waals surface area contributed by atoms with Crippen LogP contribution >= 0.6 is 12.4 Å². The number of nitrogens with two attached hydrogens (primary N) is 2. The fourth-order valence-electron chi connectivity index (χ4n) is 1.16. The van der Waals surface area contributed by atoms with E-state index in [-0.39, 0.29) is 31.3 Å². The quantitative estimate of drug-likeness (QED) is 0.714. The van der Waals surface area contributed by atoms with Crippen LogP contribution < -0.4 is 21.5 Å². The Morgan fingerprint density at radius 1 is 1.32 bits per heavy atom. The van der Waals surface area contributed by atoms with Gasteiger partial charge in [-0.05, 0) is 31.2 Å². The van der Waals surface area contributed by atoms with E-state index < -0.39 is 11.9 Å². The SMILES string of the molecule is C[C@H](N)C(=O)Nc1ccc(OCCC(N)=O)cc1.Cl. The van der Waals surface area contributed by atoms with E-state index in [1.165, 1.54) is 0 Å². The predicted molar refractivity (Wildman–Crippen MR) is 75.3 cm³/mol. The summed E-state index contributed by atoms with van der Waals surface area (Å²) in [5.74, 6) is -0.0525. The molecule has 0 saturated carbocycles. The number of rotatable bonds is 6. The molecule has 0 bridgehead atoms. The number of carbonyl (C=O) groups is 2. The van der Waals surface area contributed by atoms with Crippen molar-refractivity contribution in [2.45, 2.75) is 19.4 Å². The molecule has 0 radical (unpaired) electrons. The third-order valence-electron chi connectivity index (χ3n) is 2.15. The number of nitrogens with one attached hydrogen (secondary N) is 1. The average Bonchev–Trinajstić information content (AvgIpc) is 2.30. The molecule has 0 fully saturated rings. The van der Waals surface area contributed by atoms with E-state index in [2.05, 4.69) is 5.32 Å². The van der Waals surface area contributed by atoms with Crippen LogP contribution in [-0.2, 0) is 9.59 Å². The summed E-state index contributed by atoms with van der Waals surface area (Å²) in [5.41, 5.74) is 11.1. The third-order valence-corrected chi connectivity index (χ3v) is 2.15. The van der Waals surface area contributed by atoms with Crippen molar-refractivity contribution in [3.8, 4) is 5.75 Å². The highest BCUT2D eigenvalue weighted by Crippen LogP contribution is 2.15. The fourth-order valence-corrected chi connectivity index (χ4v) is 1.16. The lowest BCUT2D eigenvalue weighted by molar-refractivity contribution is -0.118. The van der Waals surface area contributed by atoms with Crippen LogP contribution in [0.1, 0.15) is 13.3 Å². The van der Waals surface area contributed by atoms with Gasteiger partial charge >= 0.3 is 0 Å². The number of ether oxygens (including phenoxy) is 1. The van der Waals surface area contributed by atoms with Crippen LogP contribution in [0.15, 0.2) is 24.3 Å². The van der Waals surface area contributed by atoms with Crippen LogP contribution in [-0.4, -0.2) is 24.5 Å². The van der Waals surface area contributed by atoms with E-state index in [1.54, 1.807) is 31.2 Å². The van der Waals surface area contributed by atoms with E-state index in [0.717, 1.165) is 0 Å². The van der Waals surface area contributed by atoms with Gasteiger partial charge in [0.2, 0.25) is 11.8 Å². The number of hydrogen-bond donors (Lipinski definition) is 3. The zero-order valence-electron chi connectivity index (χ0n) is 10.6. The number of anilines is 1. The van der Waals surface area contributed by atoms with E-state index in [4.69, 9.17) is 16.2 Å². The summed E-state index contributed by atoms with van der Waals surface area (Å²) in [5, 5.41) is 2.65. The van der Waals surface area contributed by atoms with Gasteiger partial charge in [-0.2, -0.15) is 0 Å². The Morgan fingerprint density at radius 3 is 2.37 bits per heavy atom. The highest BCUT2D eigenvalue weighted by molar-refractivity contribution is 5.94. The molecule has 1 aromatic rings.